The summed E-state index contributed by atoms with van der Waals surface area (Å²) in [4.78, 5) is 1.65. The molecule has 0 radical (unpaired) electrons. The Morgan fingerprint density at radius 1 is 1.00 bits per heavy atom. The van der Waals surface area contributed by atoms with E-state index in [1.165, 1.54) is 4.80 Å². The first-order valence-corrected chi connectivity index (χ1v) is 9.50. The van der Waals surface area contributed by atoms with E-state index < -0.39 is 16.1 Å². The molecule has 1 unspecified atom stereocenters. The van der Waals surface area contributed by atoms with Crippen molar-refractivity contribution in [1.29, 1.82) is 0 Å². The van der Waals surface area contributed by atoms with Crippen molar-refractivity contribution < 1.29 is 8.42 Å². The lowest BCUT2D eigenvalue weighted by Crippen LogP contribution is -2.32. The molecule has 0 aliphatic rings. The van der Waals surface area contributed by atoms with Crippen LogP contribution in [0, 0.1) is 0 Å². The molecule has 0 bridgehead atoms. The second-order valence-corrected chi connectivity index (χ2v) is 7.64. The summed E-state index contributed by atoms with van der Waals surface area (Å²) in [6.07, 6.45) is 3.12. The molecular formula is C16H15BrN4O2S. The van der Waals surface area contributed by atoms with Gasteiger partial charge in [0.2, 0.25) is 10.0 Å². The van der Waals surface area contributed by atoms with Crippen molar-refractivity contribution in [1.82, 2.24) is 19.7 Å². The molecule has 0 aliphatic heterocycles. The van der Waals surface area contributed by atoms with Crippen molar-refractivity contribution in [2.45, 2.75) is 17.5 Å². The third-order valence-corrected chi connectivity index (χ3v) is 5.92. The van der Waals surface area contributed by atoms with Crippen LogP contribution in [-0.2, 0) is 16.6 Å². The Bertz CT molecular complexity index is 899. The molecule has 1 atom stereocenters. The van der Waals surface area contributed by atoms with Crippen molar-refractivity contribution in [3.8, 4) is 0 Å². The smallest absolute Gasteiger partial charge is 0.207 e. The summed E-state index contributed by atoms with van der Waals surface area (Å²) in [5, 5.41) is 8.13. The minimum Gasteiger partial charge on any atom is -0.207 e. The second-order valence-electron chi connectivity index (χ2n) is 5.10. The molecule has 0 amide bonds. The van der Waals surface area contributed by atoms with Gasteiger partial charge in [-0.15, -0.1) is 0 Å². The molecule has 3 aromatic rings. The Morgan fingerprint density at radius 3 is 2.29 bits per heavy atom. The maximum Gasteiger partial charge on any atom is 0.242 e. The molecule has 0 spiro atoms. The van der Waals surface area contributed by atoms with Crippen LogP contribution in [-0.4, -0.2) is 23.4 Å². The van der Waals surface area contributed by atoms with Gasteiger partial charge < -0.3 is 0 Å². The summed E-state index contributed by atoms with van der Waals surface area (Å²) in [5.41, 5.74) is 0.838. The Kier molecular flexibility index (Phi) is 5.08. The summed E-state index contributed by atoms with van der Waals surface area (Å²) >= 11 is 3.29. The van der Waals surface area contributed by atoms with E-state index in [9.17, 15) is 8.42 Å². The molecule has 0 fully saturated rings. The fourth-order valence-electron chi connectivity index (χ4n) is 2.31. The standard InChI is InChI=1S/C16H15BrN4O2S/c17-14-8-4-5-9-16(14)24(22,23)20-15(12-21-18-10-11-19-21)13-6-2-1-3-7-13/h1-11,15,20H,12H2. The highest BCUT2D eigenvalue weighted by atomic mass is 79.9. The molecule has 8 heteroatoms. The summed E-state index contributed by atoms with van der Waals surface area (Å²) in [5.74, 6) is 0. The molecule has 6 nitrogen and oxygen atoms in total. The first-order valence-electron chi connectivity index (χ1n) is 7.22. The van der Waals surface area contributed by atoms with E-state index in [4.69, 9.17) is 0 Å². The Hall–Kier alpha value is -2.03. The van der Waals surface area contributed by atoms with Crippen LogP contribution >= 0.6 is 15.9 Å². The summed E-state index contributed by atoms with van der Waals surface area (Å²) in [6.45, 7) is 0.292. The first kappa shape index (κ1) is 16.8. The SMILES string of the molecule is O=S(=O)(NC(Cn1nccn1)c1ccccc1)c1ccccc1Br. The zero-order chi connectivity index (χ0) is 17.0. The highest BCUT2D eigenvalue weighted by molar-refractivity contribution is 9.10. The fourth-order valence-corrected chi connectivity index (χ4v) is 4.53. The largest absolute Gasteiger partial charge is 0.242 e. The number of hydrogen-bond acceptors (Lipinski definition) is 4. The lowest BCUT2D eigenvalue weighted by atomic mass is 10.1. The van der Waals surface area contributed by atoms with Gasteiger partial charge in [-0.25, -0.2) is 13.1 Å². The molecule has 124 valence electrons. The van der Waals surface area contributed by atoms with Gasteiger partial charge in [0.25, 0.3) is 0 Å². The van der Waals surface area contributed by atoms with E-state index >= 15 is 0 Å². The van der Waals surface area contributed by atoms with Gasteiger partial charge in [-0.3, -0.25) is 0 Å². The highest BCUT2D eigenvalue weighted by Gasteiger charge is 2.24. The predicted molar refractivity (Wildman–Crippen MR) is 93.7 cm³/mol. The van der Waals surface area contributed by atoms with E-state index in [0.717, 1.165) is 5.56 Å². The van der Waals surface area contributed by atoms with Crippen LogP contribution in [0.5, 0.6) is 0 Å². The molecule has 1 N–H and O–H groups in total. The summed E-state index contributed by atoms with van der Waals surface area (Å²) < 4.78 is 28.8. The van der Waals surface area contributed by atoms with Gasteiger partial charge in [-0.2, -0.15) is 15.0 Å². The van der Waals surface area contributed by atoms with E-state index in [0.29, 0.717) is 11.0 Å². The van der Waals surface area contributed by atoms with Gasteiger partial charge in [-0.05, 0) is 33.6 Å². The van der Waals surface area contributed by atoms with Crippen molar-refractivity contribution >= 4 is 26.0 Å². The van der Waals surface area contributed by atoms with Crippen LogP contribution in [0.3, 0.4) is 0 Å². The summed E-state index contributed by atoms with van der Waals surface area (Å²) in [7, 11) is -3.71. The number of nitrogens with one attached hydrogen (secondary N) is 1. The van der Waals surface area contributed by atoms with Crippen molar-refractivity contribution in [2.24, 2.45) is 0 Å². The molecule has 1 heterocycles. The van der Waals surface area contributed by atoms with Gasteiger partial charge in [0.1, 0.15) is 0 Å². The van der Waals surface area contributed by atoms with Crippen molar-refractivity contribution in [2.75, 3.05) is 0 Å². The van der Waals surface area contributed by atoms with Gasteiger partial charge in [-0.1, -0.05) is 42.5 Å². The molecule has 2 aromatic carbocycles. The van der Waals surface area contributed by atoms with Gasteiger partial charge in [0.05, 0.1) is 29.9 Å². The molecular weight excluding hydrogens is 392 g/mol. The molecule has 24 heavy (non-hydrogen) atoms. The maximum atomic E-state index is 12.8. The third-order valence-electron chi connectivity index (χ3n) is 3.44. The van der Waals surface area contributed by atoms with E-state index in [1.807, 2.05) is 30.3 Å². The average molecular weight is 407 g/mol. The topological polar surface area (TPSA) is 76.9 Å². The molecule has 0 aliphatic carbocycles. The number of nitrogens with zero attached hydrogens (tertiary/aromatic N) is 3. The van der Waals surface area contributed by atoms with Crippen molar-refractivity contribution in [3.05, 3.63) is 77.0 Å². The Labute approximate surface area is 148 Å². The van der Waals surface area contributed by atoms with Gasteiger partial charge in [0, 0.05) is 4.47 Å². The van der Waals surface area contributed by atoms with Crippen LogP contribution in [0.25, 0.3) is 0 Å². The van der Waals surface area contributed by atoms with Crippen LogP contribution in [0.15, 0.2) is 76.4 Å². The van der Waals surface area contributed by atoms with Crippen LogP contribution in [0.1, 0.15) is 11.6 Å². The minimum atomic E-state index is -3.71. The molecule has 0 saturated heterocycles. The lowest BCUT2D eigenvalue weighted by Gasteiger charge is -2.19. The second kappa shape index (κ2) is 7.25. The lowest BCUT2D eigenvalue weighted by molar-refractivity contribution is 0.444. The molecule has 1 aromatic heterocycles. The number of halogens is 1. The number of sulfonamides is 1. The quantitative estimate of drug-likeness (QED) is 0.682. The monoisotopic (exact) mass is 406 g/mol. The number of aromatic nitrogens is 3. The number of hydrogen-bond donors (Lipinski definition) is 1. The van der Waals surface area contributed by atoms with Crippen LogP contribution < -0.4 is 4.72 Å². The average Bonchev–Trinajstić information content (AvgIpc) is 3.08. The zero-order valence-corrected chi connectivity index (χ0v) is 15.0. The number of benzene rings is 2. The molecule has 3 rings (SSSR count). The highest BCUT2D eigenvalue weighted by Crippen LogP contribution is 2.24. The van der Waals surface area contributed by atoms with Gasteiger partial charge >= 0.3 is 0 Å². The third kappa shape index (κ3) is 3.89. The van der Waals surface area contributed by atoms with Crippen molar-refractivity contribution in [3.63, 3.8) is 0 Å². The Morgan fingerprint density at radius 2 is 1.62 bits per heavy atom. The zero-order valence-electron chi connectivity index (χ0n) is 12.6. The van der Waals surface area contributed by atoms with E-state index in [1.54, 1.807) is 36.7 Å². The summed E-state index contributed by atoms with van der Waals surface area (Å²) in [6, 6.07) is 15.6. The maximum absolute atomic E-state index is 12.8. The molecule has 0 saturated carbocycles. The van der Waals surface area contributed by atoms with E-state index in [2.05, 4.69) is 30.8 Å². The van der Waals surface area contributed by atoms with E-state index in [-0.39, 0.29) is 4.90 Å². The Balaban J connectivity index is 1.93. The van der Waals surface area contributed by atoms with Crippen LogP contribution in [0.2, 0.25) is 0 Å². The van der Waals surface area contributed by atoms with Gasteiger partial charge in [0.15, 0.2) is 0 Å². The normalized spacial score (nSPS) is 12.9. The first-order chi connectivity index (χ1) is 11.6. The minimum absolute atomic E-state index is 0.194. The van der Waals surface area contributed by atoms with Crippen LogP contribution in [0.4, 0.5) is 0 Å². The number of rotatable bonds is 6. The predicted octanol–water partition coefficient (Wildman–Crippen LogP) is 2.76. The fraction of sp³-hybridized carbons (Fsp3) is 0.125.